The number of ether oxygens (including phenoxy) is 2. The number of carbonyl (C=O) groups is 2. The highest BCUT2D eigenvalue weighted by molar-refractivity contribution is 5.94. The van der Waals surface area contributed by atoms with Gasteiger partial charge < -0.3 is 19.9 Å². The minimum Gasteiger partial charge on any atom is -0.501 e. The number of halogens is 1. The van der Waals surface area contributed by atoms with E-state index in [1.54, 1.807) is 0 Å². The van der Waals surface area contributed by atoms with Crippen LogP contribution in [0.15, 0.2) is 59.4 Å². The summed E-state index contributed by atoms with van der Waals surface area (Å²) in [5, 5.41) is 13.0. The van der Waals surface area contributed by atoms with Gasteiger partial charge in [0.05, 0.1) is 18.7 Å². The molecule has 0 saturated carbocycles. The molecule has 1 fully saturated rings. The normalized spacial score (nSPS) is 17.0. The van der Waals surface area contributed by atoms with Crippen LogP contribution in [0.4, 0.5) is 9.18 Å². The van der Waals surface area contributed by atoms with Crippen LogP contribution in [0, 0.1) is 5.82 Å². The van der Waals surface area contributed by atoms with Crippen LogP contribution in [0.1, 0.15) is 39.9 Å². The fraction of sp³-hybridized carbons (Fsp3) is 0.308. The largest absolute Gasteiger partial charge is 0.501 e. The average molecular weight is 511 g/mol. The molecule has 0 bridgehead atoms. The van der Waals surface area contributed by atoms with Gasteiger partial charge in [-0.3, -0.25) is 19.1 Å². The number of rotatable bonds is 7. The molecule has 2 atom stereocenters. The van der Waals surface area contributed by atoms with Crippen LogP contribution in [0.5, 0.6) is 5.75 Å². The van der Waals surface area contributed by atoms with Gasteiger partial charge in [0.15, 0.2) is 5.69 Å². The van der Waals surface area contributed by atoms with Crippen molar-refractivity contribution >= 4 is 12.0 Å². The van der Waals surface area contributed by atoms with E-state index in [0.717, 1.165) is 10.1 Å². The van der Waals surface area contributed by atoms with Gasteiger partial charge in [0.1, 0.15) is 18.2 Å². The maximum absolute atomic E-state index is 13.1. The third-order valence-corrected chi connectivity index (χ3v) is 6.22. The Hall–Kier alpha value is -4.25. The van der Waals surface area contributed by atoms with Gasteiger partial charge in [0.25, 0.3) is 11.5 Å². The molecule has 2 amide bonds. The SMILES string of the molecule is COC1CC(c2nc(C(=O)NCc3ccc(F)cc3)c(O)c(=O)n2C)N(C(=O)OCc2ccccc2)C1. The summed E-state index contributed by atoms with van der Waals surface area (Å²) in [6.45, 7) is 0.273. The van der Waals surface area contributed by atoms with Crippen molar-refractivity contribution in [2.45, 2.75) is 31.7 Å². The number of aromatic nitrogens is 2. The summed E-state index contributed by atoms with van der Waals surface area (Å²) in [6, 6.07) is 14.0. The Morgan fingerprint density at radius 3 is 2.51 bits per heavy atom. The predicted molar refractivity (Wildman–Crippen MR) is 130 cm³/mol. The minimum atomic E-state index is -0.838. The van der Waals surface area contributed by atoms with Crippen LogP contribution in [-0.2, 0) is 29.7 Å². The number of methoxy groups -OCH3 is 1. The summed E-state index contributed by atoms with van der Waals surface area (Å²) < 4.78 is 25.2. The zero-order chi connectivity index (χ0) is 26.5. The molecule has 37 heavy (non-hydrogen) atoms. The van der Waals surface area contributed by atoms with E-state index in [-0.39, 0.29) is 31.6 Å². The van der Waals surface area contributed by atoms with Crippen molar-refractivity contribution in [3.05, 3.63) is 93.4 Å². The molecular formula is C26H27FN4O6. The fourth-order valence-corrected chi connectivity index (χ4v) is 4.15. The number of carbonyl (C=O) groups excluding carboxylic acids is 2. The summed E-state index contributed by atoms with van der Waals surface area (Å²) in [5.41, 5.74) is 0.114. The van der Waals surface area contributed by atoms with E-state index in [1.807, 2.05) is 30.3 Å². The van der Waals surface area contributed by atoms with Gasteiger partial charge in [-0.1, -0.05) is 42.5 Å². The first-order valence-corrected chi connectivity index (χ1v) is 11.6. The Labute approximate surface area is 212 Å². The molecule has 3 aromatic rings. The smallest absolute Gasteiger partial charge is 0.410 e. The molecule has 10 nitrogen and oxygen atoms in total. The van der Waals surface area contributed by atoms with Crippen LogP contribution < -0.4 is 10.9 Å². The Balaban J connectivity index is 1.58. The van der Waals surface area contributed by atoms with E-state index in [4.69, 9.17) is 9.47 Å². The molecule has 1 aliphatic rings. The van der Waals surface area contributed by atoms with Gasteiger partial charge in [-0.25, -0.2) is 14.2 Å². The number of hydrogen-bond donors (Lipinski definition) is 2. The third-order valence-electron chi connectivity index (χ3n) is 6.22. The second-order valence-electron chi connectivity index (χ2n) is 8.64. The first kappa shape index (κ1) is 25.8. The van der Waals surface area contributed by atoms with Crippen LogP contribution >= 0.6 is 0 Å². The molecule has 194 valence electrons. The van der Waals surface area contributed by atoms with E-state index in [0.29, 0.717) is 12.0 Å². The Morgan fingerprint density at radius 1 is 1.14 bits per heavy atom. The summed E-state index contributed by atoms with van der Waals surface area (Å²) in [5.74, 6) is -1.92. The summed E-state index contributed by atoms with van der Waals surface area (Å²) >= 11 is 0. The fourth-order valence-electron chi connectivity index (χ4n) is 4.15. The van der Waals surface area contributed by atoms with Crippen molar-refractivity contribution in [3.63, 3.8) is 0 Å². The zero-order valence-corrected chi connectivity index (χ0v) is 20.4. The molecule has 2 unspecified atom stereocenters. The van der Waals surface area contributed by atoms with E-state index in [2.05, 4.69) is 10.3 Å². The van der Waals surface area contributed by atoms with Crippen LogP contribution in [-0.4, -0.2) is 51.3 Å². The molecule has 0 radical (unpaired) electrons. The number of aromatic hydroxyl groups is 1. The number of amides is 2. The van der Waals surface area contributed by atoms with Gasteiger partial charge in [-0.05, 0) is 23.3 Å². The summed E-state index contributed by atoms with van der Waals surface area (Å²) in [6.07, 6.45) is -0.674. The van der Waals surface area contributed by atoms with Crippen molar-refractivity contribution in [2.75, 3.05) is 13.7 Å². The van der Waals surface area contributed by atoms with E-state index in [9.17, 15) is 23.9 Å². The van der Waals surface area contributed by atoms with Crippen molar-refractivity contribution in [2.24, 2.45) is 7.05 Å². The van der Waals surface area contributed by atoms with E-state index < -0.39 is 40.9 Å². The highest BCUT2D eigenvalue weighted by Gasteiger charge is 2.40. The van der Waals surface area contributed by atoms with E-state index >= 15 is 0 Å². The van der Waals surface area contributed by atoms with E-state index in [1.165, 1.54) is 43.3 Å². The van der Waals surface area contributed by atoms with Crippen LogP contribution in [0.3, 0.4) is 0 Å². The van der Waals surface area contributed by atoms with Gasteiger partial charge in [-0.2, -0.15) is 0 Å². The topological polar surface area (TPSA) is 123 Å². The second-order valence-corrected chi connectivity index (χ2v) is 8.64. The number of nitrogens with zero attached hydrogens (tertiary/aromatic N) is 3. The molecular weight excluding hydrogens is 483 g/mol. The molecule has 2 N–H and O–H groups in total. The quantitative estimate of drug-likeness (QED) is 0.501. The second kappa shape index (κ2) is 11.2. The Morgan fingerprint density at radius 2 is 1.84 bits per heavy atom. The van der Waals surface area contributed by atoms with Gasteiger partial charge >= 0.3 is 6.09 Å². The average Bonchev–Trinajstić information content (AvgIpc) is 3.35. The lowest BCUT2D eigenvalue weighted by Gasteiger charge is -2.25. The zero-order valence-electron chi connectivity index (χ0n) is 20.4. The third kappa shape index (κ3) is 5.78. The lowest BCUT2D eigenvalue weighted by molar-refractivity contribution is 0.0791. The molecule has 0 spiro atoms. The molecule has 2 aromatic carbocycles. The van der Waals surface area contributed by atoms with Crippen molar-refractivity contribution in [1.29, 1.82) is 0 Å². The lowest BCUT2D eigenvalue weighted by Crippen LogP contribution is -2.37. The van der Waals surface area contributed by atoms with Gasteiger partial charge in [0.2, 0.25) is 5.75 Å². The summed E-state index contributed by atoms with van der Waals surface area (Å²) in [4.78, 5) is 44.4. The van der Waals surface area contributed by atoms with Crippen molar-refractivity contribution < 1.29 is 28.6 Å². The maximum atomic E-state index is 13.1. The molecule has 11 heteroatoms. The molecule has 4 rings (SSSR count). The standard InChI is InChI=1S/C26H27FN4O6/c1-30-23(20-12-19(36-2)14-31(20)26(35)37-15-17-6-4-3-5-7-17)29-21(22(32)25(30)34)24(33)28-13-16-8-10-18(27)11-9-16/h3-11,19-20,32H,12-15H2,1-2H3,(H,28,33). The monoisotopic (exact) mass is 510 g/mol. The number of hydrogen-bond acceptors (Lipinski definition) is 7. The van der Waals surface area contributed by atoms with Crippen LogP contribution in [0.25, 0.3) is 0 Å². The summed E-state index contributed by atoms with van der Waals surface area (Å²) in [7, 11) is 2.91. The first-order chi connectivity index (χ1) is 17.8. The van der Waals surface area contributed by atoms with Crippen molar-refractivity contribution in [1.82, 2.24) is 19.8 Å². The molecule has 1 aliphatic heterocycles. The first-order valence-electron chi connectivity index (χ1n) is 11.6. The lowest BCUT2D eigenvalue weighted by atomic mass is 10.1. The van der Waals surface area contributed by atoms with Crippen LogP contribution in [0.2, 0.25) is 0 Å². The predicted octanol–water partition coefficient (Wildman–Crippen LogP) is 2.65. The molecule has 1 aromatic heterocycles. The Bertz CT molecular complexity index is 1330. The number of benzene rings is 2. The minimum absolute atomic E-state index is 0.0257. The van der Waals surface area contributed by atoms with Crippen molar-refractivity contribution in [3.8, 4) is 5.75 Å². The highest BCUT2D eigenvalue weighted by atomic mass is 19.1. The highest BCUT2D eigenvalue weighted by Crippen LogP contribution is 2.33. The number of nitrogens with one attached hydrogen (secondary N) is 1. The molecule has 2 heterocycles. The maximum Gasteiger partial charge on any atom is 0.410 e. The molecule has 0 aliphatic carbocycles. The van der Waals surface area contributed by atoms with Gasteiger partial charge in [0, 0.05) is 27.1 Å². The number of likely N-dealkylation sites (tertiary alicyclic amines) is 1. The van der Waals surface area contributed by atoms with Gasteiger partial charge in [-0.15, -0.1) is 0 Å². The molecule has 1 saturated heterocycles. The Kier molecular flexibility index (Phi) is 7.83.